The number of piperazine rings is 1. The van der Waals surface area contributed by atoms with Crippen molar-refractivity contribution in [3.63, 3.8) is 0 Å². The molecule has 0 bridgehead atoms. The van der Waals surface area contributed by atoms with Crippen LogP contribution < -0.4 is 0 Å². The molecule has 2 heterocycles. The van der Waals surface area contributed by atoms with Crippen LogP contribution in [-0.4, -0.2) is 47.5 Å². The highest BCUT2D eigenvalue weighted by molar-refractivity contribution is 5.29. The minimum Gasteiger partial charge on any atom is -0.300 e. The Bertz CT molecular complexity index is 693. The number of aryl methyl sites for hydroxylation is 1. The summed E-state index contributed by atoms with van der Waals surface area (Å²) in [7, 11) is 0. The lowest BCUT2D eigenvalue weighted by Gasteiger charge is -2.41. The number of nitrogens with zero attached hydrogens (tertiary/aromatic N) is 3. The van der Waals surface area contributed by atoms with E-state index in [-0.39, 0.29) is 5.82 Å². The van der Waals surface area contributed by atoms with Crippen molar-refractivity contribution in [2.24, 2.45) is 0 Å². The zero-order valence-electron chi connectivity index (χ0n) is 14.7. The smallest absolute Gasteiger partial charge is 0.123 e. The molecule has 1 aromatic heterocycles. The Labute approximate surface area is 149 Å². The van der Waals surface area contributed by atoms with Crippen LogP contribution >= 0.6 is 0 Å². The summed E-state index contributed by atoms with van der Waals surface area (Å²) in [5.74, 6) is -0.152. The number of aromatic nitrogens is 1. The van der Waals surface area contributed by atoms with E-state index in [1.54, 1.807) is 12.1 Å². The molecule has 132 valence electrons. The number of benzene rings is 1. The van der Waals surface area contributed by atoms with Crippen molar-refractivity contribution >= 4 is 0 Å². The maximum atomic E-state index is 13.0. The van der Waals surface area contributed by atoms with Crippen LogP contribution in [0.5, 0.6) is 0 Å². The molecule has 0 spiro atoms. The molecule has 1 unspecified atom stereocenters. The average Bonchev–Trinajstić information content (AvgIpc) is 2.68. The molecule has 0 amide bonds. The molecule has 1 aliphatic carbocycles. The number of hydrogen-bond donors (Lipinski definition) is 0. The monoisotopic (exact) mass is 339 g/mol. The SMILES string of the molecule is Fc1ccc(CCN2CCN(C3CCCc4cnccc43)CC2)cc1. The molecule has 4 rings (SSSR count). The fourth-order valence-corrected chi connectivity index (χ4v) is 4.23. The molecule has 1 aromatic carbocycles. The maximum absolute atomic E-state index is 13.0. The van der Waals surface area contributed by atoms with Gasteiger partial charge in [-0.15, -0.1) is 0 Å². The first-order chi connectivity index (χ1) is 12.3. The lowest BCUT2D eigenvalue weighted by Crippen LogP contribution is -2.48. The summed E-state index contributed by atoms with van der Waals surface area (Å²) in [6.45, 7) is 5.58. The van der Waals surface area contributed by atoms with Crippen molar-refractivity contribution in [1.82, 2.24) is 14.8 Å². The second kappa shape index (κ2) is 7.63. The van der Waals surface area contributed by atoms with E-state index >= 15 is 0 Å². The molecule has 2 aromatic rings. The first kappa shape index (κ1) is 16.7. The molecular formula is C21H26FN3. The van der Waals surface area contributed by atoms with Crippen molar-refractivity contribution in [1.29, 1.82) is 0 Å². The molecule has 0 radical (unpaired) electrons. The zero-order chi connectivity index (χ0) is 17.1. The summed E-state index contributed by atoms with van der Waals surface area (Å²) in [5, 5.41) is 0. The molecule has 3 nitrogen and oxygen atoms in total. The first-order valence-electron chi connectivity index (χ1n) is 9.43. The third-order valence-electron chi connectivity index (χ3n) is 5.70. The van der Waals surface area contributed by atoms with Gasteiger partial charge in [0, 0.05) is 51.2 Å². The Morgan fingerprint density at radius 1 is 1.04 bits per heavy atom. The van der Waals surface area contributed by atoms with Gasteiger partial charge in [-0.2, -0.15) is 0 Å². The summed E-state index contributed by atoms with van der Waals surface area (Å²) in [6.07, 6.45) is 8.72. The van der Waals surface area contributed by atoms with Crippen LogP contribution in [0.3, 0.4) is 0 Å². The lowest BCUT2D eigenvalue weighted by molar-refractivity contribution is 0.0887. The van der Waals surface area contributed by atoms with Gasteiger partial charge in [-0.05, 0) is 60.6 Å². The summed E-state index contributed by atoms with van der Waals surface area (Å²) in [5.41, 5.74) is 4.16. The molecule has 1 aliphatic heterocycles. The Morgan fingerprint density at radius 2 is 1.84 bits per heavy atom. The molecule has 1 saturated heterocycles. The van der Waals surface area contributed by atoms with Gasteiger partial charge < -0.3 is 4.90 Å². The van der Waals surface area contributed by atoms with Crippen LogP contribution in [0.25, 0.3) is 0 Å². The minimum atomic E-state index is -0.152. The maximum Gasteiger partial charge on any atom is 0.123 e. The highest BCUT2D eigenvalue weighted by atomic mass is 19.1. The number of rotatable bonds is 4. The molecule has 0 saturated carbocycles. The Kier molecular flexibility index (Phi) is 5.09. The van der Waals surface area contributed by atoms with E-state index in [2.05, 4.69) is 27.0 Å². The zero-order valence-corrected chi connectivity index (χ0v) is 14.7. The van der Waals surface area contributed by atoms with Gasteiger partial charge in [-0.25, -0.2) is 4.39 Å². The summed E-state index contributed by atoms with van der Waals surface area (Å²) >= 11 is 0. The molecule has 2 aliphatic rings. The number of fused-ring (bicyclic) bond motifs is 1. The van der Waals surface area contributed by atoms with E-state index in [9.17, 15) is 4.39 Å². The topological polar surface area (TPSA) is 19.4 Å². The Balaban J connectivity index is 1.31. The summed E-state index contributed by atoms with van der Waals surface area (Å²) in [4.78, 5) is 9.49. The van der Waals surface area contributed by atoms with Crippen LogP contribution in [0.15, 0.2) is 42.7 Å². The van der Waals surface area contributed by atoms with E-state index in [4.69, 9.17) is 0 Å². The van der Waals surface area contributed by atoms with E-state index in [1.165, 1.54) is 36.0 Å². The van der Waals surface area contributed by atoms with E-state index < -0.39 is 0 Å². The first-order valence-corrected chi connectivity index (χ1v) is 9.43. The van der Waals surface area contributed by atoms with Crippen molar-refractivity contribution in [2.45, 2.75) is 31.7 Å². The predicted molar refractivity (Wildman–Crippen MR) is 98.0 cm³/mol. The van der Waals surface area contributed by atoms with Gasteiger partial charge in [0.15, 0.2) is 0 Å². The third-order valence-corrected chi connectivity index (χ3v) is 5.70. The van der Waals surface area contributed by atoms with Crippen LogP contribution in [-0.2, 0) is 12.8 Å². The molecular weight excluding hydrogens is 313 g/mol. The molecule has 25 heavy (non-hydrogen) atoms. The normalized spacial score (nSPS) is 21.9. The fourth-order valence-electron chi connectivity index (χ4n) is 4.23. The third kappa shape index (κ3) is 3.91. The number of hydrogen-bond acceptors (Lipinski definition) is 3. The standard InChI is InChI=1S/C21H26FN3/c22-19-6-4-17(5-7-19)9-11-24-12-14-25(15-13-24)21-3-1-2-18-16-23-10-8-20(18)21/h4-8,10,16,21H,1-3,9,11-15H2. The van der Waals surface area contributed by atoms with Crippen molar-refractivity contribution in [3.8, 4) is 0 Å². The summed E-state index contributed by atoms with van der Waals surface area (Å²) in [6, 6.07) is 9.72. The second-order valence-electron chi connectivity index (χ2n) is 7.24. The van der Waals surface area contributed by atoms with Gasteiger partial charge in [-0.1, -0.05) is 12.1 Å². The van der Waals surface area contributed by atoms with E-state index in [1.807, 2.05) is 18.3 Å². The van der Waals surface area contributed by atoms with Crippen LogP contribution in [0.2, 0.25) is 0 Å². The van der Waals surface area contributed by atoms with Gasteiger partial charge in [-0.3, -0.25) is 9.88 Å². The van der Waals surface area contributed by atoms with Crippen molar-refractivity contribution < 1.29 is 4.39 Å². The lowest BCUT2D eigenvalue weighted by atomic mass is 9.88. The van der Waals surface area contributed by atoms with Crippen LogP contribution in [0.4, 0.5) is 4.39 Å². The second-order valence-corrected chi connectivity index (χ2v) is 7.24. The largest absolute Gasteiger partial charge is 0.300 e. The number of pyridine rings is 1. The van der Waals surface area contributed by atoms with E-state index in [0.29, 0.717) is 6.04 Å². The molecule has 1 atom stereocenters. The quantitative estimate of drug-likeness (QED) is 0.850. The predicted octanol–water partition coefficient (Wildman–Crippen LogP) is 3.46. The molecule has 4 heteroatoms. The van der Waals surface area contributed by atoms with Gasteiger partial charge >= 0.3 is 0 Å². The van der Waals surface area contributed by atoms with Gasteiger partial charge in [0.05, 0.1) is 0 Å². The van der Waals surface area contributed by atoms with Gasteiger partial charge in [0.1, 0.15) is 5.82 Å². The van der Waals surface area contributed by atoms with E-state index in [0.717, 1.165) is 39.1 Å². The van der Waals surface area contributed by atoms with Crippen LogP contribution in [0.1, 0.15) is 35.6 Å². The van der Waals surface area contributed by atoms with Crippen molar-refractivity contribution in [2.75, 3.05) is 32.7 Å². The molecule has 0 N–H and O–H groups in total. The fraction of sp³-hybridized carbons (Fsp3) is 0.476. The summed E-state index contributed by atoms with van der Waals surface area (Å²) < 4.78 is 13.0. The van der Waals surface area contributed by atoms with Gasteiger partial charge in [0.2, 0.25) is 0 Å². The van der Waals surface area contributed by atoms with Crippen LogP contribution in [0, 0.1) is 5.82 Å². The van der Waals surface area contributed by atoms with Gasteiger partial charge in [0.25, 0.3) is 0 Å². The van der Waals surface area contributed by atoms with Crippen molar-refractivity contribution in [3.05, 3.63) is 65.2 Å². The Hall–Kier alpha value is -1.78. The Morgan fingerprint density at radius 3 is 2.64 bits per heavy atom. The highest BCUT2D eigenvalue weighted by Gasteiger charge is 2.28. The minimum absolute atomic E-state index is 0.152. The molecule has 1 fully saturated rings. The number of halogens is 1. The average molecular weight is 339 g/mol. The highest BCUT2D eigenvalue weighted by Crippen LogP contribution is 2.34.